The maximum atomic E-state index is 11.3. The first-order valence-electron chi connectivity index (χ1n) is 8.46. The highest BCUT2D eigenvalue weighted by Gasteiger charge is 2.36. The van der Waals surface area contributed by atoms with E-state index in [4.69, 9.17) is 5.73 Å². The Morgan fingerprint density at radius 2 is 2.05 bits per heavy atom. The third-order valence-electron chi connectivity index (χ3n) is 5.29. The molecule has 0 spiro atoms. The molecule has 4 nitrogen and oxygen atoms in total. The molecule has 0 bridgehead atoms. The maximum Gasteiger partial charge on any atom is 0.248 e. The van der Waals surface area contributed by atoms with E-state index in [-0.39, 0.29) is 12.0 Å². The molecular weight excluding hydrogens is 276 g/mol. The van der Waals surface area contributed by atoms with Crippen LogP contribution < -0.4 is 5.73 Å². The summed E-state index contributed by atoms with van der Waals surface area (Å²) in [6, 6.07) is 8.09. The molecule has 1 aliphatic heterocycles. The van der Waals surface area contributed by atoms with Crippen LogP contribution in [0.15, 0.2) is 24.3 Å². The molecular formula is C18H26N2O2. The Kier molecular flexibility index (Phi) is 4.79. The van der Waals surface area contributed by atoms with Gasteiger partial charge in [-0.15, -0.1) is 0 Å². The fraction of sp³-hybridized carbons (Fsp3) is 0.611. The van der Waals surface area contributed by atoms with Gasteiger partial charge in [-0.2, -0.15) is 0 Å². The molecule has 1 aliphatic carbocycles. The number of amides is 1. The van der Waals surface area contributed by atoms with Gasteiger partial charge in [0.05, 0.1) is 6.10 Å². The number of aliphatic hydroxyl groups excluding tert-OH is 1. The van der Waals surface area contributed by atoms with Crippen LogP contribution in [0.4, 0.5) is 0 Å². The molecule has 3 atom stereocenters. The molecule has 1 aromatic rings. The Balaban J connectivity index is 1.70. The fourth-order valence-corrected chi connectivity index (χ4v) is 4.18. The summed E-state index contributed by atoms with van der Waals surface area (Å²) >= 11 is 0. The Bertz CT molecular complexity index is 532. The van der Waals surface area contributed by atoms with Gasteiger partial charge in [0.1, 0.15) is 0 Å². The monoisotopic (exact) mass is 302 g/mol. The van der Waals surface area contributed by atoms with Crippen LogP contribution in [0.25, 0.3) is 0 Å². The van der Waals surface area contributed by atoms with E-state index in [0.29, 0.717) is 17.5 Å². The van der Waals surface area contributed by atoms with Crippen molar-refractivity contribution in [2.45, 2.75) is 57.2 Å². The summed E-state index contributed by atoms with van der Waals surface area (Å²) in [5, 5.41) is 10.3. The highest BCUT2D eigenvalue weighted by atomic mass is 16.3. The molecule has 22 heavy (non-hydrogen) atoms. The van der Waals surface area contributed by atoms with Gasteiger partial charge in [-0.3, -0.25) is 9.69 Å². The van der Waals surface area contributed by atoms with Crippen LogP contribution in [0.3, 0.4) is 0 Å². The van der Waals surface area contributed by atoms with Crippen LogP contribution in [0.1, 0.15) is 54.4 Å². The molecule has 120 valence electrons. The first-order valence-corrected chi connectivity index (χ1v) is 8.46. The van der Waals surface area contributed by atoms with Crippen molar-refractivity contribution in [1.82, 2.24) is 4.90 Å². The topological polar surface area (TPSA) is 66.6 Å². The molecule has 1 amide bonds. The average molecular weight is 302 g/mol. The maximum absolute atomic E-state index is 11.3. The van der Waals surface area contributed by atoms with E-state index in [1.807, 2.05) is 12.1 Å². The van der Waals surface area contributed by atoms with Crippen LogP contribution in [0.2, 0.25) is 0 Å². The highest BCUT2D eigenvalue weighted by molar-refractivity contribution is 5.92. The van der Waals surface area contributed by atoms with E-state index < -0.39 is 0 Å². The number of carbonyl (C=O) groups excluding carboxylic acids is 1. The molecule has 0 unspecified atom stereocenters. The SMILES string of the molecule is NC(=O)c1cccc(CN2CCC[C@@H]2[C@H]2CCCC[C@H]2O)c1. The first-order chi connectivity index (χ1) is 10.6. The number of hydrogen-bond donors (Lipinski definition) is 2. The second-order valence-corrected chi connectivity index (χ2v) is 6.76. The van der Waals surface area contributed by atoms with Gasteiger partial charge in [-0.05, 0) is 49.9 Å². The summed E-state index contributed by atoms with van der Waals surface area (Å²) in [5.74, 6) is 0.0399. The number of nitrogens with two attached hydrogens (primary N) is 1. The van der Waals surface area contributed by atoms with Gasteiger partial charge >= 0.3 is 0 Å². The normalized spacial score (nSPS) is 29.6. The van der Waals surface area contributed by atoms with Crippen LogP contribution in [-0.4, -0.2) is 34.6 Å². The number of likely N-dealkylation sites (tertiary alicyclic amines) is 1. The zero-order valence-electron chi connectivity index (χ0n) is 13.1. The van der Waals surface area contributed by atoms with E-state index in [2.05, 4.69) is 11.0 Å². The minimum atomic E-state index is -0.373. The predicted molar refractivity (Wildman–Crippen MR) is 86.4 cm³/mol. The van der Waals surface area contributed by atoms with Gasteiger partial charge in [0, 0.05) is 24.1 Å². The molecule has 1 heterocycles. The van der Waals surface area contributed by atoms with Gasteiger partial charge in [-0.1, -0.05) is 25.0 Å². The molecule has 0 radical (unpaired) electrons. The van der Waals surface area contributed by atoms with Crippen molar-refractivity contribution in [3.8, 4) is 0 Å². The summed E-state index contributed by atoms with van der Waals surface area (Å²) < 4.78 is 0. The molecule has 0 aromatic heterocycles. The molecule has 3 rings (SSSR count). The van der Waals surface area contributed by atoms with Gasteiger partial charge in [0.15, 0.2) is 0 Å². The lowest BCUT2D eigenvalue weighted by atomic mass is 9.80. The smallest absolute Gasteiger partial charge is 0.248 e. The number of nitrogens with zero attached hydrogens (tertiary/aromatic N) is 1. The van der Waals surface area contributed by atoms with Crippen molar-refractivity contribution in [2.24, 2.45) is 11.7 Å². The van der Waals surface area contributed by atoms with Crippen molar-refractivity contribution in [1.29, 1.82) is 0 Å². The predicted octanol–water partition coefficient (Wildman–Crippen LogP) is 2.30. The van der Waals surface area contributed by atoms with E-state index in [0.717, 1.165) is 37.9 Å². The number of hydrogen-bond acceptors (Lipinski definition) is 3. The number of aliphatic hydroxyl groups is 1. The van der Waals surface area contributed by atoms with Crippen molar-refractivity contribution >= 4 is 5.91 Å². The Morgan fingerprint density at radius 3 is 2.82 bits per heavy atom. The van der Waals surface area contributed by atoms with E-state index in [9.17, 15) is 9.90 Å². The Hall–Kier alpha value is -1.39. The van der Waals surface area contributed by atoms with Crippen LogP contribution in [0.5, 0.6) is 0 Å². The van der Waals surface area contributed by atoms with Gasteiger partial charge in [-0.25, -0.2) is 0 Å². The molecule has 2 aliphatic rings. The second kappa shape index (κ2) is 6.80. The van der Waals surface area contributed by atoms with Gasteiger partial charge < -0.3 is 10.8 Å². The van der Waals surface area contributed by atoms with Crippen molar-refractivity contribution in [3.63, 3.8) is 0 Å². The molecule has 1 aromatic carbocycles. The third-order valence-corrected chi connectivity index (χ3v) is 5.29. The van der Waals surface area contributed by atoms with Gasteiger partial charge in [0.25, 0.3) is 0 Å². The lowest BCUT2D eigenvalue weighted by Crippen LogP contribution is -2.42. The second-order valence-electron chi connectivity index (χ2n) is 6.76. The van der Waals surface area contributed by atoms with Crippen molar-refractivity contribution in [3.05, 3.63) is 35.4 Å². The average Bonchev–Trinajstić information content (AvgIpc) is 2.96. The zero-order valence-corrected chi connectivity index (χ0v) is 13.1. The number of carbonyl (C=O) groups is 1. The van der Waals surface area contributed by atoms with Gasteiger partial charge in [0.2, 0.25) is 5.91 Å². The number of rotatable bonds is 4. The first kappa shape index (κ1) is 15.5. The summed E-state index contributed by atoms with van der Waals surface area (Å²) in [4.78, 5) is 13.8. The quantitative estimate of drug-likeness (QED) is 0.897. The van der Waals surface area contributed by atoms with Crippen LogP contribution in [0, 0.1) is 5.92 Å². The summed E-state index contributed by atoms with van der Waals surface area (Å²) in [7, 11) is 0. The lowest BCUT2D eigenvalue weighted by Gasteiger charge is -2.37. The van der Waals surface area contributed by atoms with Crippen LogP contribution >= 0.6 is 0 Å². The minimum absolute atomic E-state index is 0.142. The van der Waals surface area contributed by atoms with E-state index in [1.54, 1.807) is 6.07 Å². The zero-order chi connectivity index (χ0) is 15.5. The summed E-state index contributed by atoms with van der Waals surface area (Å²) in [5.41, 5.74) is 7.08. The van der Waals surface area contributed by atoms with Crippen molar-refractivity contribution < 1.29 is 9.90 Å². The Labute approximate surface area is 132 Å². The van der Waals surface area contributed by atoms with E-state index >= 15 is 0 Å². The summed E-state index contributed by atoms with van der Waals surface area (Å²) in [6.07, 6.45) is 6.72. The third kappa shape index (κ3) is 3.33. The van der Waals surface area contributed by atoms with Crippen molar-refractivity contribution in [2.75, 3.05) is 6.54 Å². The van der Waals surface area contributed by atoms with Crippen LogP contribution in [-0.2, 0) is 6.54 Å². The number of primary amides is 1. The molecule has 2 fully saturated rings. The molecule has 4 heteroatoms. The minimum Gasteiger partial charge on any atom is -0.393 e. The largest absolute Gasteiger partial charge is 0.393 e. The summed E-state index contributed by atoms with van der Waals surface area (Å²) in [6.45, 7) is 1.92. The Morgan fingerprint density at radius 1 is 1.23 bits per heavy atom. The van der Waals surface area contributed by atoms with E-state index in [1.165, 1.54) is 19.3 Å². The standard InChI is InChI=1S/C18H26N2O2/c19-18(22)14-6-3-5-13(11-14)12-20-10-4-8-16(20)15-7-1-2-9-17(15)21/h3,5-6,11,15-17,21H,1-2,4,7-10,12H2,(H2,19,22)/t15-,16-,17-/m1/s1. The fourth-order valence-electron chi connectivity index (χ4n) is 4.18. The lowest BCUT2D eigenvalue weighted by molar-refractivity contribution is 0.0201. The molecule has 3 N–H and O–H groups in total. The number of benzene rings is 1. The molecule has 1 saturated heterocycles. The molecule has 1 saturated carbocycles. The highest BCUT2D eigenvalue weighted by Crippen LogP contribution is 2.35.